The zero-order valence-electron chi connectivity index (χ0n) is 10.8. The van der Waals surface area contributed by atoms with Crippen molar-refractivity contribution in [3.05, 3.63) is 22.4 Å². The van der Waals surface area contributed by atoms with Crippen molar-refractivity contribution in [1.29, 1.82) is 0 Å². The molecular formula is C13H22N2OS. The molecule has 2 N–H and O–H groups in total. The van der Waals surface area contributed by atoms with E-state index in [0.717, 1.165) is 19.4 Å². The van der Waals surface area contributed by atoms with Crippen LogP contribution < -0.4 is 5.73 Å². The molecule has 0 radical (unpaired) electrons. The zero-order chi connectivity index (χ0) is 12.8. The Morgan fingerprint density at radius 3 is 2.76 bits per heavy atom. The third kappa shape index (κ3) is 4.88. The van der Waals surface area contributed by atoms with Crippen molar-refractivity contribution >= 4 is 17.2 Å². The fourth-order valence-electron chi connectivity index (χ4n) is 1.73. The van der Waals surface area contributed by atoms with Crippen molar-refractivity contribution in [3.8, 4) is 0 Å². The topological polar surface area (TPSA) is 46.3 Å². The highest BCUT2D eigenvalue weighted by atomic mass is 32.1. The number of nitrogens with zero attached hydrogens (tertiary/aromatic N) is 1. The van der Waals surface area contributed by atoms with Gasteiger partial charge in [0.05, 0.1) is 6.04 Å². The smallest absolute Gasteiger partial charge is 0.239 e. The van der Waals surface area contributed by atoms with Crippen LogP contribution in [0, 0.1) is 5.92 Å². The first kappa shape index (κ1) is 14.2. The predicted octanol–water partition coefficient (Wildman–Crippen LogP) is 2.12. The molecule has 0 bridgehead atoms. The summed E-state index contributed by atoms with van der Waals surface area (Å²) in [6, 6.07) is 3.77. The minimum absolute atomic E-state index is 0.0512. The minimum Gasteiger partial charge on any atom is -0.344 e. The van der Waals surface area contributed by atoms with Gasteiger partial charge in [-0.1, -0.05) is 19.9 Å². The van der Waals surface area contributed by atoms with Crippen LogP contribution in [0.3, 0.4) is 0 Å². The van der Waals surface area contributed by atoms with Crippen LogP contribution in [0.5, 0.6) is 0 Å². The Bertz CT molecular complexity index is 335. The molecular weight excluding hydrogens is 232 g/mol. The summed E-state index contributed by atoms with van der Waals surface area (Å²) in [5, 5.41) is 2.06. The highest BCUT2D eigenvalue weighted by Gasteiger charge is 2.18. The Kier molecular flexibility index (Phi) is 5.65. The first-order valence-electron chi connectivity index (χ1n) is 6.03. The molecule has 1 aromatic heterocycles. The second kappa shape index (κ2) is 6.77. The molecule has 1 atom stereocenters. The predicted molar refractivity (Wildman–Crippen MR) is 73.1 cm³/mol. The van der Waals surface area contributed by atoms with E-state index in [-0.39, 0.29) is 11.9 Å². The van der Waals surface area contributed by atoms with Gasteiger partial charge in [0.15, 0.2) is 0 Å². The molecule has 0 saturated heterocycles. The molecule has 1 aromatic rings. The van der Waals surface area contributed by atoms with E-state index >= 15 is 0 Å². The summed E-state index contributed by atoms with van der Waals surface area (Å²) in [4.78, 5) is 15.0. The minimum atomic E-state index is -0.358. The Morgan fingerprint density at radius 1 is 1.53 bits per heavy atom. The van der Waals surface area contributed by atoms with E-state index in [4.69, 9.17) is 5.73 Å². The highest BCUT2D eigenvalue weighted by Crippen LogP contribution is 2.10. The van der Waals surface area contributed by atoms with Crippen LogP contribution in [0.15, 0.2) is 17.5 Å². The molecule has 0 aromatic carbocycles. The molecule has 0 aliphatic carbocycles. The fourth-order valence-corrected chi connectivity index (χ4v) is 2.43. The van der Waals surface area contributed by atoms with Gasteiger partial charge in [0.25, 0.3) is 0 Å². The van der Waals surface area contributed by atoms with E-state index in [0.29, 0.717) is 5.92 Å². The number of carbonyl (C=O) groups excluding carboxylic acids is 1. The van der Waals surface area contributed by atoms with Gasteiger partial charge < -0.3 is 10.6 Å². The van der Waals surface area contributed by atoms with Crippen molar-refractivity contribution in [2.24, 2.45) is 11.7 Å². The second-order valence-corrected chi connectivity index (χ2v) is 5.86. The largest absolute Gasteiger partial charge is 0.344 e. The van der Waals surface area contributed by atoms with Gasteiger partial charge in [-0.05, 0) is 30.2 Å². The highest BCUT2D eigenvalue weighted by molar-refractivity contribution is 7.09. The van der Waals surface area contributed by atoms with Crippen LogP contribution in [0.2, 0.25) is 0 Å². The molecule has 0 fully saturated rings. The first-order valence-corrected chi connectivity index (χ1v) is 6.91. The van der Waals surface area contributed by atoms with Gasteiger partial charge in [0.1, 0.15) is 0 Å². The van der Waals surface area contributed by atoms with Gasteiger partial charge in [-0.2, -0.15) is 0 Å². The number of thiophene rings is 1. The average Bonchev–Trinajstić information content (AvgIpc) is 2.76. The molecule has 96 valence electrons. The molecule has 17 heavy (non-hydrogen) atoms. The van der Waals surface area contributed by atoms with Crippen LogP contribution in [0.25, 0.3) is 0 Å². The van der Waals surface area contributed by atoms with Gasteiger partial charge >= 0.3 is 0 Å². The molecule has 3 nitrogen and oxygen atoms in total. The van der Waals surface area contributed by atoms with Gasteiger partial charge in [0, 0.05) is 18.5 Å². The lowest BCUT2D eigenvalue weighted by atomic mass is 10.0. The second-order valence-electron chi connectivity index (χ2n) is 4.83. The Morgan fingerprint density at radius 2 is 2.24 bits per heavy atom. The van der Waals surface area contributed by atoms with Crippen LogP contribution in [0.1, 0.15) is 25.1 Å². The first-order chi connectivity index (χ1) is 8.00. The maximum atomic E-state index is 11.9. The van der Waals surface area contributed by atoms with E-state index in [1.807, 2.05) is 13.1 Å². The number of hydrogen-bond donors (Lipinski definition) is 1. The van der Waals surface area contributed by atoms with E-state index in [1.54, 1.807) is 16.2 Å². The van der Waals surface area contributed by atoms with Gasteiger partial charge in [-0.15, -0.1) is 11.3 Å². The quantitative estimate of drug-likeness (QED) is 0.845. The van der Waals surface area contributed by atoms with E-state index in [9.17, 15) is 4.79 Å². The molecule has 1 amide bonds. The van der Waals surface area contributed by atoms with E-state index in [1.165, 1.54) is 4.88 Å². The summed E-state index contributed by atoms with van der Waals surface area (Å²) in [5.74, 6) is 0.509. The Balaban J connectivity index is 2.36. The lowest BCUT2D eigenvalue weighted by Crippen LogP contribution is -2.43. The molecule has 0 unspecified atom stereocenters. The standard InChI is InChI=1S/C13H22N2OS/c1-10(2)9-12(14)13(16)15(3)7-6-11-5-4-8-17-11/h4-5,8,10,12H,6-7,9,14H2,1-3H3/t12-/m0/s1. The third-order valence-electron chi connectivity index (χ3n) is 2.69. The summed E-state index contributed by atoms with van der Waals surface area (Å²) < 4.78 is 0. The van der Waals surface area contributed by atoms with Crippen molar-refractivity contribution in [2.45, 2.75) is 32.7 Å². The summed E-state index contributed by atoms with van der Waals surface area (Å²) in [7, 11) is 1.83. The summed E-state index contributed by atoms with van der Waals surface area (Å²) in [6.07, 6.45) is 1.66. The number of rotatable bonds is 6. The molecule has 4 heteroatoms. The van der Waals surface area contributed by atoms with Crippen molar-refractivity contribution < 1.29 is 4.79 Å². The summed E-state index contributed by atoms with van der Waals surface area (Å²) in [5.41, 5.74) is 5.88. The number of amides is 1. The maximum Gasteiger partial charge on any atom is 0.239 e. The number of carbonyl (C=O) groups is 1. The van der Waals surface area contributed by atoms with Crippen molar-refractivity contribution in [2.75, 3.05) is 13.6 Å². The van der Waals surface area contributed by atoms with Crippen LogP contribution in [-0.2, 0) is 11.2 Å². The maximum absolute atomic E-state index is 11.9. The lowest BCUT2D eigenvalue weighted by Gasteiger charge is -2.22. The molecule has 0 aliphatic heterocycles. The van der Waals surface area contributed by atoms with Crippen LogP contribution in [-0.4, -0.2) is 30.4 Å². The van der Waals surface area contributed by atoms with Crippen LogP contribution >= 0.6 is 11.3 Å². The Labute approximate surface area is 108 Å². The SMILES string of the molecule is CC(C)C[C@H](N)C(=O)N(C)CCc1cccs1. The van der Waals surface area contributed by atoms with Crippen molar-refractivity contribution in [1.82, 2.24) is 4.90 Å². The van der Waals surface area contributed by atoms with Gasteiger partial charge in [-0.25, -0.2) is 0 Å². The fraction of sp³-hybridized carbons (Fsp3) is 0.615. The molecule has 0 saturated carbocycles. The monoisotopic (exact) mass is 254 g/mol. The third-order valence-corrected chi connectivity index (χ3v) is 3.63. The molecule has 1 rings (SSSR count). The van der Waals surface area contributed by atoms with Crippen LogP contribution in [0.4, 0.5) is 0 Å². The van der Waals surface area contributed by atoms with Crippen molar-refractivity contribution in [3.63, 3.8) is 0 Å². The lowest BCUT2D eigenvalue weighted by molar-refractivity contribution is -0.131. The summed E-state index contributed by atoms with van der Waals surface area (Å²) in [6.45, 7) is 4.91. The number of hydrogen-bond acceptors (Lipinski definition) is 3. The van der Waals surface area contributed by atoms with Gasteiger partial charge in [0.2, 0.25) is 5.91 Å². The zero-order valence-corrected chi connectivity index (χ0v) is 11.7. The normalized spacial score (nSPS) is 12.8. The molecule has 1 heterocycles. The molecule has 0 aliphatic rings. The Hall–Kier alpha value is -0.870. The average molecular weight is 254 g/mol. The van der Waals surface area contributed by atoms with E-state index < -0.39 is 0 Å². The number of likely N-dealkylation sites (N-methyl/N-ethyl adjacent to an activating group) is 1. The van der Waals surface area contributed by atoms with Gasteiger partial charge in [-0.3, -0.25) is 4.79 Å². The van der Waals surface area contributed by atoms with E-state index in [2.05, 4.69) is 25.3 Å². The molecule has 0 spiro atoms. The summed E-state index contributed by atoms with van der Waals surface area (Å²) >= 11 is 1.73. The number of nitrogens with two attached hydrogens (primary N) is 1.